The maximum atomic E-state index is 14.5. The van der Waals surface area contributed by atoms with Crippen molar-refractivity contribution >= 4 is 16.9 Å². The largest absolute Gasteiger partial charge is 0.497 e. The van der Waals surface area contributed by atoms with Gasteiger partial charge in [0.2, 0.25) is 0 Å². The molecule has 4 aromatic heterocycles. The van der Waals surface area contributed by atoms with Crippen LogP contribution < -0.4 is 9.64 Å². The summed E-state index contributed by atoms with van der Waals surface area (Å²) in [7, 11) is 3.42. The third kappa shape index (κ3) is 4.06. The van der Waals surface area contributed by atoms with Crippen LogP contribution in [0.2, 0.25) is 0 Å². The van der Waals surface area contributed by atoms with E-state index in [9.17, 15) is 9.65 Å². The summed E-state index contributed by atoms with van der Waals surface area (Å²) in [5.41, 5.74) is 5.42. The summed E-state index contributed by atoms with van der Waals surface area (Å²) in [5.74, 6) is 1.21. The van der Waals surface area contributed by atoms with Crippen molar-refractivity contribution in [2.45, 2.75) is 25.0 Å². The zero-order valence-corrected chi connectivity index (χ0v) is 22.2. The molecule has 2 bridgehead atoms. The van der Waals surface area contributed by atoms with Crippen LogP contribution in [0.15, 0.2) is 61.2 Å². The van der Waals surface area contributed by atoms with Crippen LogP contribution in [0.3, 0.4) is 0 Å². The Morgan fingerprint density at radius 1 is 1.07 bits per heavy atom. The Bertz CT molecular complexity index is 1760. The molecule has 0 amide bonds. The van der Waals surface area contributed by atoms with Gasteiger partial charge in [0.1, 0.15) is 29.1 Å². The van der Waals surface area contributed by atoms with Crippen molar-refractivity contribution in [3.05, 3.63) is 78.1 Å². The van der Waals surface area contributed by atoms with Gasteiger partial charge < -0.3 is 14.6 Å². The number of ether oxygens (including phenoxy) is 1. The molecule has 1 N–H and O–H groups in total. The van der Waals surface area contributed by atoms with Crippen LogP contribution in [-0.4, -0.2) is 61.9 Å². The Morgan fingerprint density at radius 3 is 2.60 bits per heavy atom. The Balaban J connectivity index is 1.11. The number of nitrogens with zero attached hydrogens (tertiary/aromatic N) is 7. The summed E-state index contributed by atoms with van der Waals surface area (Å²) < 4.78 is 21.4. The number of nitrogens with one attached hydrogen (secondary N) is 1. The molecule has 0 aliphatic carbocycles. The number of methoxy groups -OCH3 is 1. The van der Waals surface area contributed by atoms with Crippen LogP contribution in [0.4, 0.5) is 10.2 Å². The van der Waals surface area contributed by atoms with Crippen LogP contribution in [0.5, 0.6) is 5.75 Å². The molecule has 8 rings (SSSR count). The maximum Gasteiger partial charge on any atom is 0.138 e. The fourth-order valence-electron chi connectivity index (χ4n) is 6.02. The van der Waals surface area contributed by atoms with E-state index in [0.29, 0.717) is 41.2 Å². The van der Waals surface area contributed by atoms with Gasteiger partial charge in [-0.25, -0.2) is 14.4 Å². The number of rotatable bonds is 6. The number of H-pyrrole nitrogens is 1. The number of fused-ring (bicyclic) bond motifs is 3. The number of piperazine rings is 1. The highest BCUT2D eigenvalue weighted by atomic mass is 19.1. The Kier molecular flexibility index (Phi) is 5.75. The van der Waals surface area contributed by atoms with Gasteiger partial charge in [0.15, 0.2) is 0 Å². The van der Waals surface area contributed by atoms with E-state index in [1.807, 2.05) is 49.8 Å². The Hall–Kier alpha value is -4.75. The standard InChI is InChI=1S/C30H27FN8O/c1-37-14-21(13-35-37)27-9-25-29(20(10-32)12-34-30(25)36-27)18-4-6-28(33-11-18)38-16-22-7-23(17-38)39(22)15-19-3-5-24(40-2)8-26(19)31/h3-6,8-9,11-14,22-23H,7,15-17H2,1-2H3,(H,34,36). The number of piperidine rings is 1. The van der Waals surface area contributed by atoms with E-state index in [1.54, 1.807) is 24.2 Å². The molecule has 3 aliphatic rings. The summed E-state index contributed by atoms with van der Waals surface area (Å²) in [4.78, 5) is 17.3. The highest BCUT2D eigenvalue weighted by Gasteiger charge is 2.44. The van der Waals surface area contributed by atoms with Gasteiger partial charge in [0.05, 0.1) is 24.6 Å². The van der Waals surface area contributed by atoms with Gasteiger partial charge in [-0.1, -0.05) is 6.07 Å². The molecule has 1 aromatic carbocycles. The van der Waals surface area contributed by atoms with E-state index >= 15 is 0 Å². The zero-order valence-electron chi connectivity index (χ0n) is 22.2. The van der Waals surface area contributed by atoms with Gasteiger partial charge in [-0.05, 0) is 30.7 Å². The second-order valence-electron chi connectivity index (χ2n) is 10.5. The average Bonchev–Trinajstić information content (AvgIpc) is 3.62. The number of nitriles is 1. The summed E-state index contributed by atoms with van der Waals surface area (Å²) in [6.45, 7) is 2.28. The van der Waals surface area contributed by atoms with Gasteiger partial charge in [0, 0.05) is 91.1 Å². The van der Waals surface area contributed by atoms with Crippen molar-refractivity contribution in [2.75, 3.05) is 25.1 Å². The second kappa shape index (κ2) is 9.47. The molecule has 10 heteroatoms. The summed E-state index contributed by atoms with van der Waals surface area (Å²) in [5, 5.41) is 15.0. The van der Waals surface area contributed by atoms with E-state index in [-0.39, 0.29) is 5.82 Å². The van der Waals surface area contributed by atoms with E-state index in [1.165, 1.54) is 6.07 Å². The van der Waals surface area contributed by atoms with E-state index in [0.717, 1.165) is 53.1 Å². The minimum Gasteiger partial charge on any atom is -0.497 e. The molecule has 5 aromatic rings. The highest BCUT2D eigenvalue weighted by molar-refractivity contribution is 5.98. The third-order valence-electron chi connectivity index (χ3n) is 8.11. The monoisotopic (exact) mass is 534 g/mol. The molecule has 3 fully saturated rings. The molecule has 9 nitrogen and oxygen atoms in total. The van der Waals surface area contributed by atoms with Crippen molar-refractivity contribution < 1.29 is 9.13 Å². The number of hydrogen-bond donors (Lipinski definition) is 1. The number of benzene rings is 1. The summed E-state index contributed by atoms with van der Waals surface area (Å²) >= 11 is 0. The maximum absolute atomic E-state index is 14.5. The number of aromatic nitrogens is 5. The number of anilines is 1. The third-order valence-corrected chi connectivity index (χ3v) is 8.11. The van der Waals surface area contributed by atoms with Gasteiger partial charge in [-0.15, -0.1) is 0 Å². The first-order valence-corrected chi connectivity index (χ1v) is 13.2. The molecule has 200 valence electrons. The van der Waals surface area contributed by atoms with Crippen LogP contribution >= 0.6 is 0 Å². The fourth-order valence-corrected chi connectivity index (χ4v) is 6.02. The SMILES string of the molecule is COc1ccc(CN2C3CC2CN(c2ccc(-c4c(C#N)cnc5[nH]c(-c6cnn(C)c6)cc45)cn2)C3)c(F)c1. The summed E-state index contributed by atoms with van der Waals surface area (Å²) in [6.07, 6.45) is 8.28. The lowest BCUT2D eigenvalue weighted by molar-refractivity contribution is -0.00946. The lowest BCUT2D eigenvalue weighted by Gasteiger charge is -2.56. The molecule has 3 aliphatic heterocycles. The van der Waals surface area contributed by atoms with Gasteiger partial charge in [-0.3, -0.25) is 9.58 Å². The first kappa shape index (κ1) is 24.3. The van der Waals surface area contributed by atoms with Crippen molar-refractivity contribution in [3.8, 4) is 34.2 Å². The highest BCUT2D eigenvalue weighted by Crippen LogP contribution is 2.37. The molecule has 2 unspecified atom stereocenters. The van der Waals surface area contributed by atoms with Crippen molar-refractivity contribution in [1.29, 1.82) is 5.26 Å². The van der Waals surface area contributed by atoms with Gasteiger partial charge in [0.25, 0.3) is 0 Å². The Morgan fingerprint density at radius 2 is 1.93 bits per heavy atom. The number of hydrogen-bond acceptors (Lipinski definition) is 7. The van der Waals surface area contributed by atoms with Crippen molar-refractivity contribution in [1.82, 2.24) is 29.6 Å². The molecule has 2 atom stereocenters. The number of aromatic amines is 1. The first-order chi connectivity index (χ1) is 19.5. The van der Waals surface area contributed by atoms with Crippen LogP contribution in [0, 0.1) is 17.1 Å². The lowest BCUT2D eigenvalue weighted by Crippen LogP contribution is -2.68. The summed E-state index contributed by atoms with van der Waals surface area (Å²) in [6, 6.07) is 14.2. The number of aryl methyl sites for hydroxylation is 1. The van der Waals surface area contributed by atoms with E-state index < -0.39 is 0 Å². The molecule has 0 saturated carbocycles. The minimum atomic E-state index is -0.227. The molecule has 7 heterocycles. The average molecular weight is 535 g/mol. The predicted octanol–water partition coefficient (Wildman–Crippen LogP) is 4.51. The molecular weight excluding hydrogens is 507 g/mol. The van der Waals surface area contributed by atoms with Crippen LogP contribution in [0.25, 0.3) is 33.4 Å². The normalized spacial score (nSPS) is 18.5. The van der Waals surface area contributed by atoms with Crippen LogP contribution in [-0.2, 0) is 13.6 Å². The van der Waals surface area contributed by atoms with E-state index in [2.05, 4.69) is 30.9 Å². The number of halogens is 1. The van der Waals surface area contributed by atoms with E-state index in [4.69, 9.17) is 9.72 Å². The molecule has 40 heavy (non-hydrogen) atoms. The van der Waals surface area contributed by atoms with Crippen LogP contribution in [0.1, 0.15) is 17.5 Å². The quantitative estimate of drug-likeness (QED) is 0.342. The molecule has 0 spiro atoms. The second-order valence-corrected chi connectivity index (χ2v) is 10.5. The zero-order chi connectivity index (χ0) is 27.4. The first-order valence-electron chi connectivity index (χ1n) is 13.2. The molecule has 3 saturated heterocycles. The van der Waals surface area contributed by atoms with Gasteiger partial charge >= 0.3 is 0 Å². The topological polar surface area (TPSA) is 98.9 Å². The van der Waals surface area contributed by atoms with Crippen molar-refractivity contribution in [2.24, 2.45) is 7.05 Å². The predicted molar refractivity (Wildman–Crippen MR) is 149 cm³/mol. The van der Waals surface area contributed by atoms with Gasteiger partial charge in [-0.2, -0.15) is 10.4 Å². The molecular formula is C30H27FN8O. The molecule has 0 radical (unpaired) electrons. The number of pyridine rings is 2. The smallest absolute Gasteiger partial charge is 0.138 e. The minimum absolute atomic E-state index is 0.227. The lowest BCUT2D eigenvalue weighted by atomic mass is 9.86. The Labute approximate surface area is 230 Å². The van der Waals surface area contributed by atoms with Crippen molar-refractivity contribution in [3.63, 3.8) is 0 Å². The fraction of sp³-hybridized carbons (Fsp3) is 0.267.